The Morgan fingerprint density at radius 3 is 2.40 bits per heavy atom. The van der Waals surface area contributed by atoms with Crippen LogP contribution in [0, 0.1) is 0 Å². The van der Waals surface area contributed by atoms with Crippen molar-refractivity contribution < 1.29 is 19.1 Å². The Morgan fingerprint density at radius 2 is 1.68 bits per heavy atom. The highest BCUT2D eigenvalue weighted by Gasteiger charge is 2.09. The van der Waals surface area contributed by atoms with Crippen molar-refractivity contribution in [1.82, 2.24) is 10.6 Å². The van der Waals surface area contributed by atoms with Crippen molar-refractivity contribution in [3.63, 3.8) is 0 Å². The van der Waals surface area contributed by atoms with Crippen LogP contribution in [0.4, 0.5) is 0 Å². The molecule has 7 heteroatoms. The second-order valence-electron chi connectivity index (χ2n) is 5.12. The number of rotatable bonds is 7. The highest BCUT2D eigenvalue weighted by Crippen LogP contribution is 2.12. The molecule has 0 saturated carbocycles. The topological polar surface area (TPSA) is 84.5 Å². The smallest absolute Gasteiger partial charge is 0.325 e. The summed E-state index contributed by atoms with van der Waals surface area (Å²) in [6.07, 6.45) is 0. The molecular formula is C18H17BrN2O4. The van der Waals surface area contributed by atoms with Crippen LogP contribution in [-0.4, -0.2) is 30.9 Å². The maximum atomic E-state index is 11.8. The quantitative estimate of drug-likeness (QED) is 0.691. The summed E-state index contributed by atoms with van der Waals surface area (Å²) < 4.78 is 5.96. The van der Waals surface area contributed by atoms with Crippen LogP contribution in [0.2, 0.25) is 0 Å². The van der Waals surface area contributed by atoms with E-state index in [1.54, 1.807) is 30.3 Å². The lowest BCUT2D eigenvalue weighted by atomic mass is 10.2. The predicted molar refractivity (Wildman–Crippen MR) is 95.7 cm³/mol. The van der Waals surface area contributed by atoms with Crippen LogP contribution in [0.25, 0.3) is 0 Å². The fourth-order valence-corrected chi connectivity index (χ4v) is 2.37. The van der Waals surface area contributed by atoms with Gasteiger partial charge in [0.15, 0.2) is 0 Å². The summed E-state index contributed by atoms with van der Waals surface area (Å²) in [7, 11) is 0. The molecule has 2 N–H and O–H groups in total. The first-order chi connectivity index (χ1) is 12.0. The Hall–Kier alpha value is -2.67. The molecule has 0 aliphatic carbocycles. The second kappa shape index (κ2) is 9.58. The molecule has 2 aromatic rings. The van der Waals surface area contributed by atoms with Gasteiger partial charge in [-0.1, -0.05) is 46.3 Å². The summed E-state index contributed by atoms with van der Waals surface area (Å²) >= 11 is 3.33. The molecule has 0 aliphatic rings. The van der Waals surface area contributed by atoms with Gasteiger partial charge in [0.2, 0.25) is 5.91 Å². The van der Waals surface area contributed by atoms with Crippen molar-refractivity contribution in [1.29, 1.82) is 0 Å². The van der Waals surface area contributed by atoms with Gasteiger partial charge in [-0.25, -0.2) is 0 Å². The van der Waals surface area contributed by atoms with Gasteiger partial charge in [0.05, 0.1) is 6.54 Å². The minimum atomic E-state index is -0.553. The van der Waals surface area contributed by atoms with Gasteiger partial charge in [0.25, 0.3) is 5.91 Å². The summed E-state index contributed by atoms with van der Waals surface area (Å²) in [6.45, 7) is -0.348. The van der Waals surface area contributed by atoms with Crippen molar-refractivity contribution in [3.8, 4) is 0 Å². The van der Waals surface area contributed by atoms with E-state index in [1.807, 2.05) is 24.3 Å². The number of carbonyl (C=O) groups is 3. The average Bonchev–Trinajstić information content (AvgIpc) is 2.63. The van der Waals surface area contributed by atoms with Crippen LogP contribution in [-0.2, 0) is 20.9 Å². The molecule has 0 unspecified atom stereocenters. The average molecular weight is 405 g/mol. The first-order valence-electron chi connectivity index (χ1n) is 7.54. The monoisotopic (exact) mass is 404 g/mol. The van der Waals surface area contributed by atoms with Crippen molar-refractivity contribution in [2.75, 3.05) is 13.1 Å². The lowest BCUT2D eigenvalue weighted by Crippen LogP contribution is -2.39. The lowest BCUT2D eigenvalue weighted by Gasteiger charge is -2.08. The molecular weight excluding hydrogens is 388 g/mol. The van der Waals surface area contributed by atoms with E-state index < -0.39 is 11.9 Å². The van der Waals surface area contributed by atoms with Crippen LogP contribution in [0.5, 0.6) is 0 Å². The Balaban J connectivity index is 1.65. The molecule has 25 heavy (non-hydrogen) atoms. The highest BCUT2D eigenvalue weighted by atomic mass is 79.9. The van der Waals surface area contributed by atoms with Gasteiger partial charge < -0.3 is 15.4 Å². The Kier molecular flexibility index (Phi) is 7.16. The number of esters is 1. The molecule has 0 spiro atoms. The third-order valence-electron chi connectivity index (χ3n) is 3.16. The number of hydrogen-bond acceptors (Lipinski definition) is 4. The van der Waals surface area contributed by atoms with Gasteiger partial charge in [0, 0.05) is 10.0 Å². The minimum Gasteiger partial charge on any atom is -0.460 e. The SMILES string of the molecule is O=C(CNC(=O)c1ccccc1)NCC(=O)OCc1cccc(Br)c1. The molecule has 0 fully saturated rings. The first kappa shape index (κ1) is 18.7. The number of benzene rings is 2. The zero-order chi connectivity index (χ0) is 18.1. The Morgan fingerprint density at radius 1 is 0.920 bits per heavy atom. The number of carbonyl (C=O) groups excluding carboxylic acids is 3. The van der Waals surface area contributed by atoms with E-state index in [0.717, 1.165) is 10.0 Å². The molecule has 0 saturated heterocycles. The van der Waals surface area contributed by atoms with E-state index >= 15 is 0 Å². The van der Waals surface area contributed by atoms with Crippen molar-refractivity contribution in [2.24, 2.45) is 0 Å². The fraction of sp³-hybridized carbons (Fsp3) is 0.167. The van der Waals surface area contributed by atoms with Gasteiger partial charge in [-0.05, 0) is 29.8 Å². The molecule has 2 rings (SSSR count). The molecule has 6 nitrogen and oxygen atoms in total. The number of halogens is 1. The predicted octanol–water partition coefficient (Wildman–Crippen LogP) is 2.04. The largest absolute Gasteiger partial charge is 0.460 e. The van der Waals surface area contributed by atoms with E-state index in [9.17, 15) is 14.4 Å². The number of ether oxygens (including phenoxy) is 1. The Bertz CT molecular complexity index is 750. The summed E-state index contributed by atoms with van der Waals surface area (Å²) in [5.41, 5.74) is 1.30. The third kappa shape index (κ3) is 6.76. The van der Waals surface area contributed by atoms with Gasteiger partial charge in [0.1, 0.15) is 13.2 Å². The summed E-state index contributed by atoms with van der Waals surface area (Å²) in [4.78, 5) is 35.1. The summed E-state index contributed by atoms with van der Waals surface area (Å²) in [5, 5.41) is 4.88. The zero-order valence-electron chi connectivity index (χ0n) is 13.3. The highest BCUT2D eigenvalue weighted by molar-refractivity contribution is 9.10. The zero-order valence-corrected chi connectivity index (χ0v) is 14.9. The van der Waals surface area contributed by atoms with Gasteiger partial charge in [-0.15, -0.1) is 0 Å². The van der Waals surface area contributed by atoms with E-state index in [-0.39, 0.29) is 25.6 Å². The fourth-order valence-electron chi connectivity index (χ4n) is 1.93. The molecule has 2 aromatic carbocycles. The molecule has 0 aromatic heterocycles. The van der Waals surface area contributed by atoms with Crippen LogP contribution in [0.1, 0.15) is 15.9 Å². The van der Waals surface area contributed by atoms with Crippen molar-refractivity contribution in [3.05, 3.63) is 70.2 Å². The van der Waals surface area contributed by atoms with Crippen LogP contribution >= 0.6 is 15.9 Å². The van der Waals surface area contributed by atoms with E-state index in [0.29, 0.717) is 5.56 Å². The molecule has 130 valence electrons. The van der Waals surface area contributed by atoms with Crippen LogP contribution < -0.4 is 10.6 Å². The molecule has 0 atom stereocenters. The second-order valence-corrected chi connectivity index (χ2v) is 6.03. The maximum absolute atomic E-state index is 11.8. The van der Waals surface area contributed by atoms with E-state index in [2.05, 4.69) is 26.6 Å². The molecule has 0 radical (unpaired) electrons. The summed E-state index contributed by atoms with van der Waals surface area (Å²) in [6, 6.07) is 15.9. The molecule has 2 amide bonds. The molecule has 0 aliphatic heterocycles. The number of hydrogen-bond donors (Lipinski definition) is 2. The van der Waals surface area contributed by atoms with Gasteiger partial charge >= 0.3 is 5.97 Å². The summed E-state index contributed by atoms with van der Waals surface area (Å²) in [5.74, 6) is -1.38. The Labute approximate surface area is 153 Å². The van der Waals surface area contributed by atoms with E-state index in [4.69, 9.17) is 4.74 Å². The van der Waals surface area contributed by atoms with Gasteiger partial charge in [-0.2, -0.15) is 0 Å². The van der Waals surface area contributed by atoms with E-state index in [1.165, 1.54) is 0 Å². The number of amides is 2. The van der Waals surface area contributed by atoms with Crippen molar-refractivity contribution >= 4 is 33.7 Å². The first-order valence-corrected chi connectivity index (χ1v) is 8.34. The maximum Gasteiger partial charge on any atom is 0.325 e. The van der Waals surface area contributed by atoms with Crippen LogP contribution in [0.15, 0.2) is 59.1 Å². The van der Waals surface area contributed by atoms with Crippen molar-refractivity contribution in [2.45, 2.75) is 6.61 Å². The normalized spacial score (nSPS) is 9.96. The standard InChI is InChI=1S/C18H17BrN2O4/c19-15-8-4-5-13(9-15)12-25-17(23)11-20-16(22)10-21-18(24)14-6-2-1-3-7-14/h1-9H,10-12H2,(H,20,22)(H,21,24). The number of nitrogens with one attached hydrogen (secondary N) is 2. The van der Waals surface area contributed by atoms with Crippen LogP contribution in [0.3, 0.4) is 0 Å². The van der Waals surface area contributed by atoms with Gasteiger partial charge in [-0.3, -0.25) is 14.4 Å². The molecule has 0 bridgehead atoms. The minimum absolute atomic E-state index is 0.124. The lowest BCUT2D eigenvalue weighted by molar-refractivity contribution is -0.145. The molecule has 0 heterocycles. The third-order valence-corrected chi connectivity index (χ3v) is 3.66.